The third kappa shape index (κ3) is 4.08. The zero-order valence-corrected chi connectivity index (χ0v) is 12.4. The van der Waals surface area contributed by atoms with E-state index >= 15 is 0 Å². The van der Waals surface area contributed by atoms with Crippen molar-refractivity contribution in [3.8, 4) is 5.75 Å². The molecule has 0 spiro atoms. The Morgan fingerprint density at radius 1 is 1.16 bits per heavy atom. The summed E-state index contributed by atoms with van der Waals surface area (Å²) < 4.78 is 6.74. The van der Waals surface area contributed by atoms with Crippen LogP contribution in [0.1, 0.15) is 24.2 Å². The largest absolute Gasteiger partial charge is 0.493 e. The van der Waals surface area contributed by atoms with Crippen LogP contribution in [0.25, 0.3) is 0 Å². The second-order valence-corrected chi connectivity index (χ2v) is 5.36. The molecule has 100 valence electrons. The minimum Gasteiger partial charge on any atom is -0.493 e. The highest BCUT2D eigenvalue weighted by atomic mass is 79.9. The molecule has 0 aliphatic rings. The van der Waals surface area contributed by atoms with Crippen molar-refractivity contribution in [1.29, 1.82) is 0 Å². The maximum Gasteiger partial charge on any atom is 0.126 e. The van der Waals surface area contributed by atoms with Gasteiger partial charge in [-0.1, -0.05) is 52.3 Å². The van der Waals surface area contributed by atoms with Crippen molar-refractivity contribution in [2.75, 3.05) is 6.61 Å². The van der Waals surface area contributed by atoms with Crippen LogP contribution < -0.4 is 4.74 Å². The van der Waals surface area contributed by atoms with Crippen LogP contribution in [-0.2, 0) is 6.42 Å². The zero-order valence-electron chi connectivity index (χ0n) is 10.8. The van der Waals surface area contributed by atoms with Gasteiger partial charge in [-0.15, -0.1) is 0 Å². The van der Waals surface area contributed by atoms with Gasteiger partial charge in [-0.2, -0.15) is 0 Å². The number of ether oxygens (including phenoxy) is 1. The Hall–Kier alpha value is -1.32. The molecular formula is C16H17BrO2. The second kappa shape index (κ2) is 6.73. The molecule has 0 aliphatic carbocycles. The van der Waals surface area contributed by atoms with Crippen LogP contribution in [0.2, 0.25) is 0 Å². The molecular weight excluding hydrogens is 304 g/mol. The molecule has 0 saturated carbocycles. The van der Waals surface area contributed by atoms with Crippen LogP contribution in [0.15, 0.2) is 53.0 Å². The van der Waals surface area contributed by atoms with Crippen LogP contribution >= 0.6 is 15.9 Å². The first-order valence-electron chi connectivity index (χ1n) is 6.31. The Morgan fingerprint density at radius 3 is 2.58 bits per heavy atom. The van der Waals surface area contributed by atoms with Crippen LogP contribution in [0.4, 0.5) is 0 Å². The standard InChI is InChI=1S/C16H17BrO2/c1-12(18)15-8-7-14(17)11-16(15)19-10-9-13-5-3-2-4-6-13/h2-8,11-12,18H,9-10H2,1H3/t12-/m1/s1. The summed E-state index contributed by atoms with van der Waals surface area (Å²) in [6.07, 6.45) is 0.326. The van der Waals surface area contributed by atoms with Crippen LogP contribution in [-0.4, -0.2) is 11.7 Å². The SMILES string of the molecule is C[C@@H](O)c1ccc(Br)cc1OCCc1ccccc1. The topological polar surface area (TPSA) is 29.5 Å². The van der Waals surface area contributed by atoms with Crippen molar-refractivity contribution < 1.29 is 9.84 Å². The zero-order chi connectivity index (χ0) is 13.7. The fourth-order valence-electron chi connectivity index (χ4n) is 1.90. The average Bonchev–Trinajstić information content (AvgIpc) is 2.39. The van der Waals surface area contributed by atoms with Gasteiger partial charge in [0, 0.05) is 16.5 Å². The van der Waals surface area contributed by atoms with E-state index in [0.29, 0.717) is 6.61 Å². The Bertz CT molecular complexity index is 524. The highest BCUT2D eigenvalue weighted by molar-refractivity contribution is 9.10. The lowest BCUT2D eigenvalue weighted by atomic mass is 10.1. The summed E-state index contributed by atoms with van der Waals surface area (Å²) in [5, 5.41) is 9.72. The minimum atomic E-state index is -0.528. The summed E-state index contributed by atoms with van der Waals surface area (Å²) in [4.78, 5) is 0. The lowest BCUT2D eigenvalue weighted by Crippen LogP contribution is -2.04. The molecule has 2 aromatic rings. The van der Waals surface area contributed by atoms with E-state index in [-0.39, 0.29) is 0 Å². The van der Waals surface area contributed by atoms with Crippen LogP contribution in [0.5, 0.6) is 5.75 Å². The highest BCUT2D eigenvalue weighted by Gasteiger charge is 2.09. The first-order valence-corrected chi connectivity index (χ1v) is 7.10. The van der Waals surface area contributed by atoms with E-state index in [4.69, 9.17) is 4.74 Å². The number of rotatable bonds is 5. The van der Waals surface area contributed by atoms with Gasteiger partial charge in [0.25, 0.3) is 0 Å². The van der Waals surface area contributed by atoms with E-state index in [1.807, 2.05) is 36.4 Å². The van der Waals surface area contributed by atoms with Gasteiger partial charge >= 0.3 is 0 Å². The van der Waals surface area contributed by atoms with Gasteiger partial charge in [0.05, 0.1) is 12.7 Å². The summed E-state index contributed by atoms with van der Waals surface area (Å²) in [5.41, 5.74) is 2.06. The van der Waals surface area contributed by atoms with Gasteiger partial charge < -0.3 is 9.84 Å². The molecule has 0 amide bonds. The van der Waals surface area contributed by atoms with Crippen LogP contribution in [0, 0.1) is 0 Å². The number of aliphatic hydroxyl groups is 1. The molecule has 0 radical (unpaired) electrons. The fraction of sp³-hybridized carbons (Fsp3) is 0.250. The Labute approximate surface area is 122 Å². The molecule has 0 unspecified atom stereocenters. The second-order valence-electron chi connectivity index (χ2n) is 4.44. The minimum absolute atomic E-state index is 0.528. The molecule has 2 rings (SSSR count). The van der Waals surface area contributed by atoms with Crippen molar-refractivity contribution in [1.82, 2.24) is 0 Å². The normalized spacial score (nSPS) is 12.2. The first kappa shape index (κ1) is 14.1. The quantitative estimate of drug-likeness (QED) is 0.897. The molecule has 0 saturated heterocycles. The predicted molar refractivity (Wildman–Crippen MR) is 80.4 cm³/mol. The summed E-state index contributed by atoms with van der Waals surface area (Å²) >= 11 is 3.42. The molecule has 2 nitrogen and oxygen atoms in total. The molecule has 3 heteroatoms. The Morgan fingerprint density at radius 2 is 1.89 bits per heavy atom. The van der Waals surface area contributed by atoms with E-state index in [1.54, 1.807) is 6.92 Å². The van der Waals surface area contributed by atoms with Gasteiger partial charge in [-0.25, -0.2) is 0 Å². The average molecular weight is 321 g/mol. The highest BCUT2D eigenvalue weighted by Crippen LogP contribution is 2.28. The lowest BCUT2D eigenvalue weighted by molar-refractivity contribution is 0.191. The van der Waals surface area contributed by atoms with E-state index in [2.05, 4.69) is 28.1 Å². The molecule has 0 heterocycles. The van der Waals surface area contributed by atoms with Gasteiger partial charge in [0.15, 0.2) is 0 Å². The van der Waals surface area contributed by atoms with Crippen LogP contribution in [0.3, 0.4) is 0 Å². The molecule has 1 atom stereocenters. The van der Waals surface area contributed by atoms with Crippen molar-refractivity contribution >= 4 is 15.9 Å². The fourth-order valence-corrected chi connectivity index (χ4v) is 2.24. The monoisotopic (exact) mass is 320 g/mol. The third-order valence-corrected chi connectivity index (χ3v) is 3.41. The molecule has 0 fully saturated rings. The van der Waals surface area contributed by atoms with Gasteiger partial charge in [0.2, 0.25) is 0 Å². The first-order chi connectivity index (χ1) is 9.16. The maximum atomic E-state index is 9.72. The van der Waals surface area contributed by atoms with Crippen molar-refractivity contribution in [2.45, 2.75) is 19.4 Å². The molecule has 19 heavy (non-hydrogen) atoms. The predicted octanol–water partition coefficient (Wildman–Crippen LogP) is 4.12. The van der Waals surface area contributed by atoms with Gasteiger partial charge in [-0.3, -0.25) is 0 Å². The van der Waals surface area contributed by atoms with Crippen molar-refractivity contribution in [3.63, 3.8) is 0 Å². The number of halogens is 1. The number of aliphatic hydroxyl groups excluding tert-OH is 1. The summed E-state index contributed by atoms with van der Waals surface area (Å²) in [5.74, 6) is 0.736. The molecule has 0 bridgehead atoms. The Balaban J connectivity index is 2.01. The maximum absolute atomic E-state index is 9.72. The van der Waals surface area contributed by atoms with Gasteiger partial charge in [-0.05, 0) is 24.6 Å². The summed E-state index contributed by atoms with van der Waals surface area (Å²) in [6, 6.07) is 15.9. The van der Waals surface area contributed by atoms with Crippen molar-refractivity contribution in [3.05, 3.63) is 64.1 Å². The van der Waals surface area contributed by atoms with E-state index in [1.165, 1.54) is 5.56 Å². The summed E-state index contributed by atoms with van der Waals surface area (Å²) in [6.45, 7) is 2.34. The third-order valence-electron chi connectivity index (χ3n) is 2.92. The number of hydrogen-bond donors (Lipinski definition) is 1. The lowest BCUT2D eigenvalue weighted by Gasteiger charge is -2.14. The van der Waals surface area contributed by atoms with E-state index in [9.17, 15) is 5.11 Å². The summed E-state index contributed by atoms with van der Waals surface area (Å²) in [7, 11) is 0. The smallest absolute Gasteiger partial charge is 0.126 e. The van der Waals surface area contributed by atoms with E-state index in [0.717, 1.165) is 22.2 Å². The van der Waals surface area contributed by atoms with E-state index < -0.39 is 6.10 Å². The Kier molecular flexibility index (Phi) is 5.00. The van der Waals surface area contributed by atoms with Gasteiger partial charge in [0.1, 0.15) is 5.75 Å². The molecule has 0 aliphatic heterocycles. The van der Waals surface area contributed by atoms with Crippen molar-refractivity contribution in [2.24, 2.45) is 0 Å². The molecule has 0 aromatic heterocycles. The number of benzene rings is 2. The number of hydrogen-bond acceptors (Lipinski definition) is 2. The molecule has 1 N–H and O–H groups in total. The molecule has 2 aromatic carbocycles.